The Bertz CT molecular complexity index is 854. The molecular weight excluding hydrogens is 432 g/mol. The summed E-state index contributed by atoms with van der Waals surface area (Å²) in [5.41, 5.74) is 0.140. The number of ether oxygens (including phenoxy) is 1. The lowest BCUT2D eigenvalue weighted by molar-refractivity contribution is -0.123. The molecule has 2 fully saturated rings. The molecular formula is C21H28ClF2N3O2S. The van der Waals surface area contributed by atoms with Crippen LogP contribution in [0.3, 0.4) is 0 Å². The average Bonchev–Trinajstić information content (AvgIpc) is 3.16. The van der Waals surface area contributed by atoms with Crippen molar-refractivity contribution in [1.82, 2.24) is 9.88 Å². The Labute approximate surface area is 185 Å². The van der Waals surface area contributed by atoms with Gasteiger partial charge in [0, 0.05) is 38.2 Å². The van der Waals surface area contributed by atoms with E-state index in [0.29, 0.717) is 16.4 Å². The van der Waals surface area contributed by atoms with Crippen molar-refractivity contribution in [3.8, 4) is 0 Å². The van der Waals surface area contributed by atoms with Crippen LogP contribution in [0.5, 0.6) is 0 Å². The predicted octanol–water partition coefficient (Wildman–Crippen LogP) is 4.63. The van der Waals surface area contributed by atoms with Gasteiger partial charge in [-0.3, -0.25) is 14.6 Å². The molecule has 1 aliphatic carbocycles. The third-order valence-corrected chi connectivity index (χ3v) is 6.84. The fourth-order valence-electron chi connectivity index (χ4n) is 4.21. The molecule has 0 radical (unpaired) electrons. The maximum absolute atomic E-state index is 14.2. The van der Waals surface area contributed by atoms with E-state index < -0.39 is 11.6 Å². The predicted molar refractivity (Wildman–Crippen MR) is 118 cm³/mol. The molecule has 5 nitrogen and oxygen atoms in total. The lowest BCUT2D eigenvalue weighted by atomic mass is 9.88. The second-order valence-corrected chi connectivity index (χ2v) is 8.87. The summed E-state index contributed by atoms with van der Waals surface area (Å²) in [7, 11) is 0. The van der Waals surface area contributed by atoms with Gasteiger partial charge in [-0.05, 0) is 25.3 Å². The van der Waals surface area contributed by atoms with E-state index in [1.54, 1.807) is 4.90 Å². The minimum absolute atomic E-state index is 0. The van der Waals surface area contributed by atoms with Crippen LogP contribution in [0, 0.1) is 17.6 Å². The smallest absolute Gasteiger partial charge is 0.231 e. The minimum Gasteiger partial charge on any atom is -0.379 e. The Kier molecular flexibility index (Phi) is 8.39. The largest absolute Gasteiger partial charge is 0.379 e. The number of rotatable bonds is 6. The zero-order valence-electron chi connectivity index (χ0n) is 16.9. The van der Waals surface area contributed by atoms with E-state index in [9.17, 15) is 13.6 Å². The van der Waals surface area contributed by atoms with Gasteiger partial charge in [0.25, 0.3) is 0 Å². The van der Waals surface area contributed by atoms with Gasteiger partial charge in [0.15, 0.2) is 10.9 Å². The molecule has 2 aromatic rings. The molecule has 166 valence electrons. The molecule has 0 bridgehead atoms. The normalized spacial score (nSPS) is 18.3. The molecule has 0 atom stereocenters. The van der Waals surface area contributed by atoms with Crippen molar-refractivity contribution in [2.24, 2.45) is 5.92 Å². The van der Waals surface area contributed by atoms with Crippen LogP contribution in [0.15, 0.2) is 12.1 Å². The molecule has 30 heavy (non-hydrogen) atoms. The highest BCUT2D eigenvalue weighted by Crippen LogP contribution is 2.34. The minimum atomic E-state index is -0.680. The summed E-state index contributed by atoms with van der Waals surface area (Å²) in [6, 6.07) is 2.13. The van der Waals surface area contributed by atoms with Gasteiger partial charge in [0.1, 0.15) is 11.3 Å². The maximum atomic E-state index is 14.2. The molecule has 2 aliphatic rings. The van der Waals surface area contributed by atoms with E-state index in [-0.39, 0.29) is 29.7 Å². The number of amides is 1. The quantitative estimate of drug-likeness (QED) is 0.631. The number of hydrogen-bond donors (Lipinski definition) is 0. The number of aromatic nitrogens is 1. The molecule has 0 N–H and O–H groups in total. The lowest BCUT2D eigenvalue weighted by Crippen LogP contribution is -2.41. The van der Waals surface area contributed by atoms with Crippen LogP contribution >= 0.6 is 23.7 Å². The third-order valence-electron chi connectivity index (χ3n) is 5.81. The summed E-state index contributed by atoms with van der Waals surface area (Å²) >= 11 is 1.19. The Morgan fingerprint density at radius 1 is 1.20 bits per heavy atom. The number of thiazole rings is 1. The SMILES string of the molecule is Cl.O=C(C1CCCCC1)N(CCCN1CCOCC1)c1nc2c(F)cc(F)cc2s1. The van der Waals surface area contributed by atoms with Gasteiger partial charge in [-0.2, -0.15) is 0 Å². The van der Waals surface area contributed by atoms with Crippen LogP contribution in [-0.2, 0) is 9.53 Å². The lowest BCUT2D eigenvalue weighted by Gasteiger charge is -2.30. The molecule has 9 heteroatoms. The number of carbonyl (C=O) groups is 1. The highest BCUT2D eigenvalue weighted by atomic mass is 35.5. The van der Waals surface area contributed by atoms with E-state index in [2.05, 4.69) is 9.88 Å². The van der Waals surface area contributed by atoms with E-state index in [4.69, 9.17) is 4.74 Å². The summed E-state index contributed by atoms with van der Waals surface area (Å²) in [4.78, 5) is 21.7. The Hall–Kier alpha value is -1.35. The molecule has 1 saturated heterocycles. The summed E-state index contributed by atoms with van der Waals surface area (Å²) in [6.45, 7) is 4.72. The van der Waals surface area contributed by atoms with Crippen LogP contribution in [0.1, 0.15) is 38.5 Å². The van der Waals surface area contributed by atoms with Gasteiger partial charge < -0.3 is 4.74 Å². The topological polar surface area (TPSA) is 45.7 Å². The molecule has 2 heterocycles. The highest BCUT2D eigenvalue weighted by Gasteiger charge is 2.29. The van der Waals surface area contributed by atoms with Crippen LogP contribution in [0.2, 0.25) is 0 Å². The van der Waals surface area contributed by atoms with Crippen molar-refractivity contribution >= 4 is 45.0 Å². The van der Waals surface area contributed by atoms with Gasteiger partial charge >= 0.3 is 0 Å². The maximum Gasteiger partial charge on any atom is 0.231 e. The number of morpholine rings is 1. The number of fused-ring (bicyclic) bond motifs is 1. The second-order valence-electron chi connectivity index (χ2n) is 7.86. The Morgan fingerprint density at radius 3 is 2.67 bits per heavy atom. The number of anilines is 1. The number of nitrogens with zero attached hydrogens (tertiary/aromatic N) is 3. The number of halogens is 3. The molecule has 0 unspecified atom stereocenters. The van der Waals surface area contributed by atoms with Crippen LogP contribution < -0.4 is 4.90 Å². The first kappa shape index (κ1) is 23.3. The Balaban J connectivity index is 0.00000256. The highest BCUT2D eigenvalue weighted by molar-refractivity contribution is 7.22. The summed E-state index contributed by atoms with van der Waals surface area (Å²) in [5, 5.41) is 0.474. The van der Waals surface area contributed by atoms with Crippen molar-refractivity contribution in [3.63, 3.8) is 0 Å². The molecule has 4 rings (SSSR count). The van der Waals surface area contributed by atoms with Gasteiger partial charge in [-0.1, -0.05) is 30.6 Å². The summed E-state index contributed by atoms with van der Waals surface area (Å²) in [6.07, 6.45) is 5.91. The summed E-state index contributed by atoms with van der Waals surface area (Å²) < 4.78 is 33.6. The molecule has 1 saturated carbocycles. The monoisotopic (exact) mass is 459 g/mol. The van der Waals surface area contributed by atoms with Crippen molar-refractivity contribution in [1.29, 1.82) is 0 Å². The van der Waals surface area contributed by atoms with E-state index in [1.807, 2.05) is 0 Å². The number of hydrogen-bond acceptors (Lipinski definition) is 5. The zero-order chi connectivity index (χ0) is 20.2. The first-order valence-electron chi connectivity index (χ1n) is 10.5. The van der Waals surface area contributed by atoms with Crippen LogP contribution in [0.25, 0.3) is 10.2 Å². The molecule has 1 amide bonds. The number of carbonyl (C=O) groups excluding carboxylic acids is 1. The van der Waals surface area contributed by atoms with Gasteiger partial charge in [0.05, 0.1) is 17.9 Å². The van der Waals surface area contributed by atoms with E-state index in [0.717, 1.165) is 71.0 Å². The van der Waals surface area contributed by atoms with Gasteiger partial charge in [0.2, 0.25) is 5.91 Å². The van der Waals surface area contributed by atoms with Crippen LogP contribution in [-0.4, -0.2) is 55.2 Å². The van der Waals surface area contributed by atoms with Crippen molar-refractivity contribution < 1.29 is 18.3 Å². The van der Waals surface area contributed by atoms with Gasteiger partial charge in [-0.25, -0.2) is 13.8 Å². The number of benzene rings is 1. The van der Waals surface area contributed by atoms with Crippen molar-refractivity contribution in [3.05, 3.63) is 23.8 Å². The zero-order valence-corrected chi connectivity index (χ0v) is 18.6. The van der Waals surface area contributed by atoms with Gasteiger partial charge in [-0.15, -0.1) is 12.4 Å². The van der Waals surface area contributed by atoms with Crippen molar-refractivity contribution in [2.45, 2.75) is 38.5 Å². The third kappa shape index (κ3) is 5.46. The molecule has 0 spiro atoms. The molecule has 1 aromatic heterocycles. The Morgan fingerprint density at radius 2 is 1.93 bits per heavy atom. The fraction of sp³-hybridized carbons (Fsp3) is 0.619. The standard InChI is InChI=1S/C21H27F2N3O2S.ClH/c22-16-13-17(23)19-18(14-16)29-21(24-19)26(20(27)15-5-2-1-3-6-15)8-4-7-25-9-11-28-12-10-25;/h13-15H,1-12H2;1H. The fourth-order valence-corrected chi connectivity index (χ4v) is 5.24. The average molecular weight is 460 g/mol. The van der Waals surface area contributed by atoms with E-state index >= 15 is 0 Å². The van der Waals surface area contributed by atoms with Crippen LogP contribution in [0.4, 0.5) is 13.9 Å². The van der Waals surface area contributed by atoms with E-state index in [1.165, 1.54) is 23.8 Å². The first-order valence-corrected chi connectivity index (χ1v) is 11.3. The first-order chi connectivity index (χ1) is 14.1. The summed E-state index contributed by atoms with van der Waals surface area (Å²) in [5.74, 6) is -1.23. The molecule has 1 aliphatic heterocycles. The molecule has 1 aromatic carbocycles. The van der Waals surface area contributed by atoms with Crippen molar-refractivity contribution in [2.75, 3.05) is 44.3 Å². The second kappa shape index (κ2) is 10.8.